The number of anilines is 5. The quantitative estimate of drug-likeness (QED) is 0.168. The predicted octanol–water partition coefficient (Wildman–Crippen LogP) is 15.0. The van der Waals surface area contributed by atoms with Gasteiger partial charge in [-0.2, -0.15) is 0 Å². The zero-order chi connectivity index (χ0) is 38.1. The Hall–Kier alpha value is -6.90. The summed E-state index contributed by atoms with van der Waals surface area (Å²) in [5.41, 5.74) is 18.8. The summed E-state index contributed by atoms with van der Waals surface area (Å²) >= 11 is 0. The molecule has 1 unspecified atom stereocenters. The van der Waals surface area contributed by atoms with Gasteiger partial charge in [0.05, 0.1) is 0 Å². The van der Waals surface area contributed by atoms with E-state index in [2.05, 4.69) is 224 Å². The van der Waals surface area contributed by atoms with E-state index < -0.39 is 0 Å². The minimum absolute atomic E-state index is 0.104. The highest BCUT2D eigenvalue weighted by Gasteiger charge is 2.36. The lowest BCUT2D eigenvalue weighted by atomic mass is 9.82. The first-order valence-corrected chi connectivity index (χ1v) is 20.1. The highest BCUT2D eigenvalue weighted by atomic mass is 15.2. The van der Waals surface area contributed by atoms with E-state index in [9.17, 15) is 0 Å². The van der Waals surface area contributed by atoms with Crippen LogP contribution in [0.2, 0.25) is 0 Å². The fourth-order valence-corrected chi connectivity index (χ4v) is 9.80. The molecule has 0 saturated carbocycles. The second kappa shape index (κ2) is 13.1. The second-order valence-corrected chi connectivity index (χ2v) is 16.1. The standard InChI is InChI=1S/C55H42N2/c1-55(2)50-21-11-8-18-46(50)47-35-33-43(36-51(47)55)56(41-29-31-42(32-30-41)57-52-22-12-9-19-48(52)49-20-10-13-23-53(49)57)40-27-24-38(25-28-40)45-34-26-37-14-6-7-17-44(37)54(45)39-15-4-3-5-16-39/h3-19,21-36,49H,20H2,1-2H3. The van der Waals surface area contributed by atoms with Crippen LogP contribution in [0.15, 0.2) is 206 Å². The number of allylic oxidation sites excluding steroid dienone is 4. The average Bonchev–Trinajstić information content (AvgIpc) is 3.72. The number of hydrogen-bond acceptors (Lipinski definition) is 2. The molecule has 272 valence electrons. The van der Waals surface area contributed by atoms with E-state index in [0.29, 0.717) is 5.92 Å². The summed E-state index contributed by atoms with van der Waals surface area (Å²) in [6.07, 6.45) is 7.82. The second-order valence-electron chi connectivity index (χ2n) is 16.1. The molecule has 2 nitrogen and oxygen atoms in total. The van der Waals surface area contributed by atoms with Crippen molar-refractivity contribution in [3.63, 3.8) is 0 Å². The number of hydrogen-bond donors (Lipinski definition) is 0. The first kappa shape index (κ1) is 33.4. The molecule has 0 N–H and O–H groups in total. The minimum Gasteiger partial charge on any atom is -0.313 e. The van der Waals surface area contributed by atoms with Gasteiger partial charge in [-0.25, -0.2) is 0 Å². The fourth-order valence-electron chi connectivity index (χ4n) is 9.80. The van der Waals surface area contributed by atoms with Gasteiger partial charge in [0.25, 0.3) is 0 Å². The van der Waals surface area contributed by atoms with Gasteiger partial charge in [0.1, 0.15) is 0 Å². The van der Waals surface area contributed by atoms with Crippen LogP contribution >= 0.6 is 0 Å². The molecule has 0 amide bonds. The number of benzene rings is 8. The van der Waals surface area contributed by atoms with Crippen LogP contribution in [0.5, 0.6) is 0 Å². The van der Waals surface area contributed by atoms with E-state index in [1.807, 2.05) is 0 Å². The van der Waals surface area contributed by atoms with E-state index in [1.54, 1.807) is 0 Å². The summed E-state index contributed by atoms with van der Waals surface area (Å²) in [6, 6.07) is 67.3. The molecule has 57 heavy (non-hydrogen) atoms. The summed E-state index contributed by atoms with van der Waals surface area (Å²) in [5, 5.41) is 2.51. The topological polar surface area (TPSA) is 6.48 Å². The van der Waals surface area contributed by atoms with Crippen LogP contribution in [0.25, 0.3) is 44.2 Å². The molecule has 3 aliphatic rings. The van der Waals surface area contributed by atoms with Crippen molar-refractivity contribution in [2.75, 3.05) is 9.80 Å². The van der Waals surface area contributed by atoms with Gasteiger partial charge in [0, 0.05) is 45.5 Å². The van der Waals surface area contributed by atoms with Crippen molar-refractivity contribution in [3.05, 3.63) is 223 Å². The van der Waals surface area contributed by atoms with E-state index in [0.717, 1.165) is 23.5 Å². The normalized spacial score (nSPS) is 15.8. The van der Waals surface area contributed by atoms with Gasteiger partial charge in [0.15, 0.2) is 0 Å². The van der Waals surface area contributed by atoms with E-state index in [1.165, 1.54) is 77.9 Å². The van der Waals surface area contributed by atoms with Crippen molar-refractivity contribution in [1.82, 2.24) is 0 Å². The van der Waals surface area contributed by atoms with Gasteiger partial charge >= 0.3 is 0 Å². The number of para-hydroxylation sites is 1. The van der Waals surface area contributed by atoms with Gasteiger partial charge < -0.3 is 9.80 Å². The Bertz CT molecular complexity index is 2900. The van der Waals surface area contributed by atoms with Gasteiger partial charge in [-0.05, 0) is 128 Å². The van der Waals surface area contributed by atoms with Crippen LogP contribution < -0.4 is 9.80 Å². The monoisotopic (exact) mass is 730 g/mol. The summed E-state index contributed by atoms with van der Waals surface area (Å²) < 4.78 is 0. The SMILES string of the molecule is CC1(C)c2ccccc2-c2ccc(N(c3ccc(-c4ccc5ccccc5c4-c4ccccc4)cc3)c3ccc(N4C5=CC=CCC5c5ccccc54)cc3)cc21. The largest absolute Gasteiger partial charge is 0.313 e. The summed E-state index contributed by atoms with van der Waals surface area (Å²) in [7, 11) is 0. The molecule has 0 aromatic heterocycles. The zero-order valence-corrected chi connectivity index (χ0v) is 32.2. The van der Waals surface area contributed by atoms with Crippen LogP contribution in [0.1, 0.15) is 42.9 Å². The van der Waals surface area contributed by atoms with Crippen LogP contribution in [0.3, 0.4) is 0 Å². The molecule has 11 rings (SSSR count). The van der Waals surface area contributed by atoms with Crippen molar-refractivity contribution >= 4 is 39.2 Å². The molecule has 2 heteroatoms. The van der Waals surface area contributed by atoms with E-state index in [4.69, 9.17) is 0 Å². The Morgan fingerprint density at radius 1 is 0.544 bits per heavy atom. The molecular weight excluding hydrogens is 689 g/mol. The van der Waals surface area contributed by atoms with Crippen LogP contribution in [-0.2, 0) is 5.41 Å². The highest BCUT2D eigenvalue weighted by Crippen LogP contribution is 2.53. The molecule has 0 bridgehead atoms. The molecule has 8 aromatic rings. The van der Waals surface area contributed by atoms with Gasteiger partial charge in [-0.15, -0.1) is 0 Å². The van der Waals surface area contributed by atoms with Crippen LogP contribution in [0, 0.1) is 0 Å². The maximum absolute atomic E-state index is 2.45. The number of rotatable bonds is 6. The minimum atomic E-state index is -0.104. The lowest BCUT2D eigenvalue weighted by molar-refractivity contribution is 0.660. The Balaban J connectivity index is 1.03. The van der Waals surface area contributed by atoms with Crippen molar-refractivity contribution in [2.24, 2.45) is 0 Å². The Labute approximate surface area is 335 Å². The fraction of sp³-hybridized carbons (Fsp3) is 0.0909. The molecule has 2 aliphatic carbocycles. The molecule has 0 radical (unpaired) electrons. The van der Waals surface area contributed by atoms with Crippen molar-refractivity contribution in [1.29, 1.82) is 0 Å². The predicted molar refractivity (Wildman–Crippen MR) is 240 cm³/mol. The van der Waals surface area contributed by atoms with E-state index >= 15 is 0 Å². The molecule has 1 atom stereocenters. The Kier molecular flexibility index (Phi) is 7.69. The lowest BCUT2D eigenvalue weighted by Crippen LogP contribution is -2.17. The van der Waals surface area contributed by atoms with Gasteiger partial charge in [-0.3, -0.25) is 0 Å². The van der Waals surface area contributed by atoms with E-state index in [-0.39, 0.29) is 5.41 Å². The number of nitrogens with zero attached hydrogens (tertiary/aromatic N) is 2. The smallest absolute Gasteiger partial charge is 0.0497 e. The molecule has 1 heterocycles. The van der Waals surface area contributed by atoms with Crippen molar-refractivity contribution in [2.45, 2.75) is 31.6 Å². The zero-order valence-electron chi connectivity index (χ0n) is 32.2. The Morgan fingerprint density at radius 2 is 1.21 bits per heavy atom. The molecule has 0 spiro atoms. The number of fused-ring (bicyclic) bond motifs is 7. The van der Waals surface area contributed by atoms with Crippen LogP contribution in [-0.4, -0.2) is 0 Å². The highest BCUT2D eigenvalue weighted by molar-refractivity contribution is 6.04. The molecule has 0 fully saturated rings. The summed E-state index contributed by atoms with van der Waals surface area (Å²) in [6.45, 7) is 4.72. The maximum Gasteiger partial charge on any atom is 0.0497 e. The average molecular weight is 731 g/mol. The van der Waals surface area contributed by atoms with Crippen molar-refractivity contribution < 1.29 is 0 Å². The third-order valence-electron chi connectivity index (χ3n) is 12.6. The molecule has 0 saturated heterocycles. The first-order valence-electron chi connectivity index (χ1n) is 20.1. The third kappa shape index (κ3) is 5.32. The summed E-state index contributed by atoms with van der Waals surface area (Å²) in [4.78, 5) is 4.88. The summed E-state index contributed by atoms with van der Waals surface area (Å²) in [5.74, 6) is 0.393. The molecule has 1 aliphatic heterocycles. The van der Waals surface area contributed by atoms with Gasteiger partial charge in [0.2, 0.25) is 0 Å². The first-order chi connectivity index (χ1) is 28.0. The molecular formula is C55H42N2. The van der Waals surface area contributed by atoms with Crippen molar-refractivity contribution in [3.8, 4) is 33.4 Å². The molecule has 8 aromatic carbocycles. The van der Waals surface area contributed by atoms with Gasteiger partial charge in [-0.1, -0.05) is 153 Å². The third-order valence-corrected chi connectivity index (χ3v) is 12.6. The lowest BCUT2D eigenvalue weighted by Gasteiger charge is -2.29. The Morgan fingerprint density at radius 3 is 2.05 bits per heavy atom. The van der Waals surface area contributed by atoms with Crippen LogP contribution in [0.4, 0.5) is 28.4 Å². The maximum atomic E-state index is 2.45.